The van der Waals surface area contributed by atoms with Crippen molar-refractivity contribution in [2.45, 2.75) is 71.2 Å². The number of carbonyl (C=O) groups excluding carboxylic acids is 1. The lowest BCUT2D eigenvalue weighted by Gasteiger charge is -2.40. The Morgan fingerprint density at radius 1 is 1.03 bits per heavy atom. The number of carbonyl (C=O) groups is 1. The Kier molecular flexibility index (Phi) is 7.49. The van der Waals surface area contributed by atoms with Crippen LogP contribution in [0.1, 0.15) is 64.1 Å². The standard InChI is InChI=1S/C27H35NO2/c1-21(23-16-10-6-11-17-23)28(20-22-14-8-5-9-15-22)25-19-13-7-12-18-24(25)26(29)30-27(2,3)4/h5-12,14-17,21,24-25H,13,18-20H2,1-4H3/t21-,24+,25-/m0/s1. The van der Waals surface area contributed by atoms with Gasteiger partial charge in [-0.15, -0.1) is 0 Å². The molecule has 3 atom stereocenters. The topological polar surface area (TPSA) is 29.5 Å². The monoisotopic (exact) mass is 405 g/mol. The van der Waals surface area contributed by atoms with Gasteiger partial charge in [-0.05, 0) is 58.1 Å². The molecule has 0 radical (unpaired) electrons. The minimum absolute atomic E-state index is 0.0858. The second-order valence-corrected chi connectivity index (χ2v) is 9.24. The summed E-state index contributed by atoms with van der Waals surface area (Å²) < 4.78 is 5.85. The first-order valence-electron chi connectivity index (χ1n) is 11.1. The second-order valence-electron chi connectivity index (χ2n) is 9.24. The molecule has 0 bridgehead atoms. The Bertz CT molecular complexity index is 823. The van der Waals surface area contributed by atoms with Gasteiger partial charge in [-0.3, -0.25) is 9.69 Å². The predicted molar refractivity (Wildman–Crippen MR) is 123 cm³/mol. The summed E-state index contributed by atoms with van der Waals surface area (Å²) in [6.07, 6.45) is 7.03. The van der Waals surface area contributed by atoms with Crippen molar-refractivity contribution in [3.63, 3.8) is 0 Å². The lowest BCUT2D eigenvalue weighted by atomic mass is 9.90. The fourth-order valence-electron chi connectivity index (χ4n) is 4.27. The van der Waals surface area contributed by atoms with E-state index in [0.29, 0.717) is 0 Å². The van der Waals surface area contributed by atoms with Crippen molar-refractivity contribution >= 4 is 5.97 Å². The highest BCUT2D eigenvalue weighted by Gasteiger charge is 2.37. The third kappa shape index (κ3) is 6.06. The summed E-state index contributed by atoms with van der Waals surface area (Å²) in [5.41, 5.74) is 2.06. The zero-order valence-corrected chi connectivity index (χ0v) is 18.8. The molecule has 2 aromatic carbocycles. The Morgan fingerprint density at radius 3 is 2.30 bits per heavy atom. The minimum atomic E-state index is -0.479. The predicted octanol–water partition coefficient (Wildman–Crippen LogP) is 6.32. The molecular formula is C27H35NO2. The van der Waals surface area contributed by atoms with Gasteiger partial charge in [0, 0.05) is 18.6 Å². The number of rotatable bonds is 6. The van der Waals surface area contributed by atoms with E-state index < -0.39 is 5.60 Å². The summed E-state index contributed by atoms with van der Waals surface area (Å²) in [7, 11) is 0. The highest BCUT2D eigenvalue weighted by molar-refractivity contribution is 5.74. The number of nitrogens with zero attached hydrogens (tertiary/aromatic N) is 1. The number of esters is 1. The first-order chi connectivity index (χ1) is 14.3. The van der Waals surface area contributed by atoms with E-state index in [1.807, 2.05) is 26.8 Å². The van der Waals surface area contributed by atoms with Gasteiger partial charge in [0.25, 0.3) is 0 Å². The van der Waals surface area contributed by atoms with Crippen LogP contribution in [-0.4, -0.2) is 22.5 Å². The maximum absolute atomic E-state index is 13.2. The molecule has 0 saturated carbocycles. The van der Waals surface area contributed by atoms with Crippen LogP contribution >= 0.6 is 0 Å². The fraction of sp³-hybridized carbons (Fsp3) is 0.444. The molecule has 0 amide bonds. The van der Waals surface area contributed by atoms with Crippen LogP contribution in [0.4, 0.5) is 0 Å². The maximum atomic E-state index is 13.2. The molecule has 30 heavy (non-hydrogen) atoms. The van der Waals surface area contributed by atoms with Crippen LogP contribution in [0.2, 0.25) is 0 Å². The zero-order valence-electron chi connectivity index (χ0n) is 18.8. The van der Waals surface area contributed by atoms with Gasteiger partial charge < -0.3 is 4.74 Å². The molecule has 0 aliphatic heterocycles. The van der Waals surface area contributed by atoms with E-state index >= 15 is 0 Å². The van der Waals surface area contributed by atoms with E-state index in [2.05, 4.69) is 78.6 Å². The average molecular weight is 406 g/mol. The summed E-state index contributed by atoms with van der Waals surface area (Å²) in [4.78, 5) is 15.7. The van der Waals surface area contributed by atoms with Gasteiger partial charge in [0.2, 0.25) is 0 Å². The van der Waals surface area contributed by atoms with Crippen molar-refractivity contribution < 1.29 is 9.53 Å². The van der Waals surface area contributed by atoms with Crippen molar-refractivity contribution in [3.8, 4) is 0 Å². The number of ether oxygens (including phenoxy) is 1. The molecular weight excluding hydrogens is 370 g/mol. The summed E-state index contributed by atoms with van der Waals surface area (Å²) >= 11 is 0. The highest BCUT2D eigenvalue weighted by atomic mass is 16.6. The van der Waals surface area contributed by atoms with Gasteiger partial charge in [-0.25, -0.2) is 0 Å². The van der Waals surface area contributed by atoms with Crippen molar-refractivity contribution in [2.24, 2.45) is 5.92 Å². The van der Waals surface area contributed by atoms with Crippen molar-refractivity contribution in [3.05, 3.63) is 83.9 Å². The molecule has 0 heterocycles. The molecule has 1 aliphatic rings. The van der Waals surface area contributed by atoms with Gasteiger partial charge in [-0.1, -0.05) is 72.8 Å². The first kappa shape index (κ1) is 22.3. The molecule has 2 aromatic rings. The number of hydrogen-bond donors (Lipinski definition) is 0. The highest BCUT2D eigenvalue weighted by Crippen LogP contribution is 2.34. The van der Waals surface area contributed by atoms with Crippen LogP contribution in [0.25, 0.3) is 0 Å². The quantitative estimate of drug-likeness (QED) is 0.416. The molecule has 0 saturated heterocycles. The summed E-state index contributed by atoms with van der Waals surface area (Å²) in [5, 5.41) is 0. The van der Waals surface area contributed by atoms with Gasteiger partial charge in [-0.2, -0.15) is 0 Å². The lowest BCUT2D eigenvalue weighted by molar-refractivity contribution is -0.163. The third-order valence-corrected chi connectivity index (χ3v) is 5.77. The maximum Gasteiger partial charge on any atom is 0.311 e. The van der Waals surface area contributed by atoms with Gasteiger partial charge in [0.15, 0.2) is 0 Å². The number of hydrogen-bond acceptors (Lipinski definition) is 3. The fourth-order valence-corrected chi connectivity index (χ4v) is 4.27. The van der Waals surface area contributed by atoms with Crippen LogP contribution in [0.15, 0.2) is 72.8 Å². The van der Waals surface area contributed by atoms with Gasteiger partial charge in [0.1, 0.15) is 5.60 Å². The Morgan fingerprint density at radius 2 is 1.67 bits per heavy atom. The van der Waals surface area contributed by atoms with Crippen molar-refractivity contribution in [2.75, 3.05) is 0 Å². The largest absolute Gasteiger partial charge is 0.460 e. The number of benzene rings is 2. The summed E-state index contributed by atoms with van der Waals surface area (Å²) in [5.74, 6) is -0.254. The Labute approximate surface area is 181 Å². The van der Waals surface area contributed by atoms with Gasteiger partial charge in [0.05, 0.1) is 5.92 Å². The van der Waals surface area contributed by atoms with E-state index in [9.17, 15) is 4.79 Å². The lowest BCUT2D eigenvalue weighted by Crippen LogP contribution is -2.45. The van der Waals surface area contributed by atoms with Crippen LogP contribution in [0, 0.1) is 5.92 Å². The van der Waals surface area contributed by atoms with E-state index in [-0.39, 0.29) is 24.0 Å². The molecule has 3 heteroatoms. The smallest absolute Gasteiger partial charge is 0.311 e. The van der Waals surface area contributed by atoms with Crippen LogP contribution in [0.3, 0.4) is 0 Å². The molecule has 0 unspecified atom stereocenters. The number of allylic oxidation sites excluding steroid dienone is 2. The molecule has 0 aromatic heterocycles. The first-order valence-corrected chi connectivity index (χ1v) is 11.1. The van der Waals surface area contributed by atoms with Crippen LogP contribution in [0.5, 0.6) is 0 Å². The van der Waals surface area contributed by atoms with E-state index in [1.165, 1.54) is 11.1 Å². The molecule has 3 rings (SSSR count). The minimum Gasteiger partial charge on any atom is -0.460 e. The normalized spacial score (nSPS) is 20.6. The molecule has 0 spiro atoms. The Hall–Kier alpha value is -2.39. The van der Waals surface area contributed by atoms with Crippen molar-refractivity contribution in [1.82, 2.24) is 4.90 Å². The molecule has 1 aliphatic carbocycles. The summed E-state index contributed by atoms with van der Waals surface area (Å²) in [6, 6.07) is 21.5. The SMILES string of the molecule is C[C@@H](c1ccccc1)N(Cc1ccccc1)[C@H]1CCC=CC[C@H]1C(=O)OC(C)(C)C. The van der Waals surface area contributed by atoms with E-state index in [1.54, 1.807) is 0 Å². The second kappa shape index (κ2) is 10.1. The van der Waals surface area contributed by atoms with Crippen molar-refractivity contribution in [1.29, 1.82) is 0 Å². The van der Waals surface area contributed by atoms with Crippen LogP contribution in [-0.2, 0) is 16.1 Å². The zero-order chi connectivity index (χ0) is 21.6. The third-order valence-electron chi connectivity index (χ3n) is 5.77. The average Bonchev–Trinajstić information content (AvgIpc) is 2.98. The van der Waals surface area contributed by atoms with Crippen LogP contribution < -0.4 is 0 Å². The van der Waals surface area contributed by atoms with Gasteiger partial charge >= 0.3 is 5.97 Å². The Balaban J connectivity index is 1.95. The van der Waals surface area contributed by atoms with E-state index in [4.69, 9.17) is 4.74 Å². The van der Waals surface area contributed by atoms with E-state index in [0.717, 1.165) is 25.8 Å². The molecule has 3 nitrogen and oxygen atoms in total. The summed E-state index contributed by atoms with van der Waals surface area (Å²) in [6.45, 7) is 8.89. The molecule has 0 N–H and O–H groups in total. The molecule has 0 fully saturated rings. The molecule has 160 valence electrons.